The molecule has 0 nitrogen and oxygen atoms in total. The van der Waals surface area contributed by atoms with Gasteiger partial charge in [0, 0.05) is 0 Å². The van der Waals surface area contributed by atoms with Crippen molar-refractivity contribution in [3.8, 4) is 0 Å². The molecule has 2 aromatic carbocycles. The van der Waals surface area contributed by atoms with E-state index < -0.39 is 0 Å². The third-order valence-corrected chi connectivity index (χ3v) is 4.92. The zero-order valence-corrected chi connectivity index (χ0v) is 12.6. The van der Waals surface area contributed by atoms with Crippen molar-refractivity contribution in [1.82, 2.24) is 0 Å². The molecule has 2 aromatic rings. The first-order valence-corrected chi connectivity index (χ1v) is 7.78. The molecule has 20 heavy (non-hydrogen) atoms. The molecule has 0 aliphatic carbocycles. The lowest BCUT2D eigenvalue weighted by Gasteiger charge is -2.07. The van der Waals surface area contributed by atoms with E-state index in [1.807, 2.05) is 25.1 Å². The number of rotatable bonds is 5. The van der Waals surface area contributed by atoms with Crippen molar-refractivity contribution in [2.24, 2.45) is 0 Å². The molecule has 0 spiro atoms. The van der Waals surface area contributed by atoms with Gasteiger partial charge < -0.3 is 0 Å². The maximum atomic E-state index is 4.26. The van der Waals surface area contributed by atoms with Gasteiger partial charge in [-0.3, -0.25) is 0 Å². The molecule has 0 N–H and O–H groups in total. The van der Waals surface area contributed by atoms with Gasteiger partial charge in [-0.25, -0.2) is 0 Å². The first-order chi connectivity index (χ1) is 9.68. The molecular weight excluding hydrogens is 260 g/mol. The zero-order chi connectivity index (χ0) is 14.4. The maximum Gasteiger partial charge on any atom is 0.166 e. The summed E-state index contributed by atoms with van der Waals surface area (Å²) in [5.41, 5.74) is 1.04. The first kappa shape index (κ1) is 14.4. The molecule has 0 aliphatic rings. The van der Waals surface area contributed by atoms with Crippen LogP contribution < -0.4 is 0 Å². The van der Waals surface area contributed by atoms with E-state index in [0.717, 1.165) is 10.5 Å². The highest BCUT2D eigenvalue weighted by atomic mass is 32.2. The largest absolute Gasteiger partial charge is 0.166 e. The van der Waals surface area contributed by atoms with E-state index in [4.69, 9.17) is 0 Å². The van der Waals surface area contributed by atoms with Gasteiger partial charge in [-0.05, 0) is 43.8 Å². The molecule has 0 fully saturated rings. The zero-order valence-electron chi connectivity index (χ0n) is 11.8. The SMILES string of the molecule is C=C(C)/C=C\C(=C)[S+](c1ccccc1)c1ccccc1. The van der Waals surface area contributed by atoms with Crippen molar-refractivity contribution in [3.63, 3.8) is 0 Å². The van der Waals surface area contributed by atoms with Crippen molar-refractivity contribution in [2.45, 2.75) is 16.7 Å². The Morgan fingerprint density at radius 3 is 1.65 bits per heavy atom. The molecule has 2 rings (SSSR count). The van der Waals surface area contributed by atoms with Crippen LogP contribution in [-0.4, -0.2) is 0 Å². The van der Waals surface area contributed by atoms with Crippen molar-refractivity contribution in [3.05, 3.63) is 96.5 Å². The van der Waals surface area contributed by atoms with Crippen molar-refractivity contribution in [1.29, 1.82) is 0 Å². The average Bonchev–Trinajstić information content (AvgIpc) is 2.48. The van der Waals surface area contributed by atoms with Gasteiger partial charge in [0.25, 0.3) is 0 Å². The maximum absolute atomic E-state index is 4.26. The Kier molecular flexibility index (Phi) is 5.03. The quantitative estimate of drug-likeness (QED) is 0.510. The monoisotopic (exact) mass is 279 g/mol. The van der Waals surface area contributed by atoms with E-state index in [9.17, 15) is 0 Å². The van der Waals surface area contributed by atoms with Gasteiger partial charge in [0.2, 0.25) is 0 Å². The number of hydrogen-bond donors (Lipinski definition) is 0. The predicted octanol–water partition coefficient (Wildman–Crippen LogP) is 5.37. The van der Waals surface area contributed by atoms with Crippen LogP contribution in [0.3, 0.4) is 0 Å². The van der Waals surface area contributed by atoms with E-state index in [1.165, 1.54) is 9.79 Å². The van der Waals surface area contributed by atoms with Crippen LogP contribution >= 0.6 is 0 Å². The number of hydrogen-bond acceptors (Lipinski definition) is 0. The van der Waals surface area contributed by atoms with Crippen LogP contribution in [-0.2, 0) is 10.9 Å². The summed E-state index contributed by atoms with van der Waals surface area (Å²) in [6, 6.07) is 21.0. The molecule has 0 amide bonds. The van der Waals surface area contributed by atoms with Crippen molar-refractivity contribution in [2.75, 3.05) is 0 Å². The van der Waals surface area contributed by atoms with E-state index in [2.05, 4.69) is 67.8 Å². The number of allylic oxidation sites excluding steroid dienone is 3. The Morgan fingerprint density at radius 2 is 1.25 bits per heavy atom. The minimum absolute atomic E-state index is 0.135. The smallest absolute Gasteiger partial charge is 0.0961 e. The van der Waals surface area contributed by atoms with Gasteiger partial charge in [0.05, 0.1) is 10.9 Å². The molecule has 0 radical (unpaired) electrons. The fraction of sp³-hybridized carbons (Fsp3) is 0.0526. The van der Waals surface area contributed by atoms with Gasteiger partial charge in [-0.2, -0.15) is 0 Å². The summed E-state index contributed by atoms with van der Waals surface area (Å²) in [6.45, 7) is 10.2. The van der Waals surface area contributed by atoms with Crippen LogP contribution in [0, 0.1) is 0 Å². The summed E-state index contributed by atoms with van der Waals surface area (Å²) in [7, 11) is -0.135. The van der Waals surface area contributed by atoms with E-state index in [0.29, 0.717) is 0 Å². The molecule has 0 bridgehead atoms. The molecule has 100 valence electrons. The normalized spacial score (nSPS) is 10.9. The Hall–Kier alpha value is -1.99. The van der Waals surface area contributed by atoms with Crippen molar-refractivity contribution >= 4 is 10.9 Å². The summed E-state index contributed by atoms with van der Waals surface area (Å²) >= 11 is 0. The van der Waals surface area contributed by atoms with Gasteiger partial charge in [0.1, 0.15) is 0 Å². The first-order valence-electron chi connectivity index (χ1n) is 6.55. The van der Waals surface area contributed by atoms with E-state index in [1.54, 1.807) is 0 Å². The molecule has 0 heterocycles. The highest BCUT2D eigenvalue weighted by Crippen LogP contribution is 2.29. The third kappa shape index (κ3) is 3.75. The third-order valence-electron chi connectivity index (χ3n) is 2.77. The van der Waals surface area contributed by atoms with Crippen LogP contribution in [0.5, 0.6) is 0 Å². The minimum atomic E-state index is -0.135. The average molecular weight is 279 g/mol. The molecule has 0 atom stereocenters. The highest BCUT2D eigenvalue weighted by molar-refractivity contribution is 8.00. The van der Waals surface area contributed by atoms with Gasteiger partial charge in [-0.1, -0.05) is 54.6 Å². The fourth-order valence-corrected chi connectivity index (χ4v) is 3.80. The molecular formula is C19H19S+. The Bertz CT molecular complexity index is 569. The Morgan fingerprint density at radius 1 is 0.800 bits per heavy atom. The van der Waals surface area contributed by atoms with E-state index >= 15 is 0 Å². The van der Waals surface area contributed by atoms with Crippen molar-refractivity contribution < 1.29 is 0 Å². The van der Waals surface area contributed by atoms with E-state index in [-0.39, 0.29) is 10.9 Å². The fourth-order valence-electron chi connectivity index (χ4n) is 1.86. The van der Waals surface area contributed by atoms with Crippen LogP contribution in [0.2, 0.25) is 0 Å². The summed E-state index contributed by atoms with van der Waals surface area (Å²) in [4.78, 5) is 3.68. The molecule has 0 aromatic heterocycles. The lowest BCUT2D eigenvalue weighted by atomic mass is 10.3. The summed E-state index contributed by atoms with van der Waals surface area (Å²) in [5.74, 6) is 0. The molecule has 0 unspecified atom stereocenters. The second-order valence-electron chi connectivity index (χ2n) is 4.58. The van der Waals surface area contributed by atoms with Crippen LogP contribution in [0.25, 0.3) is 0 Å². The molecule has 0 saturated carbocycles. The molecule has 0 saturated heterocycles. The predicted molar refractivity (Wildman–Crippen MR) is 89.9 cm³/mol. The van der Waals surface area contributed by atoms with Crippen LogP contribution in [0.1, 0.15) is 6.92 Å². The second-order valence-corrected chi connectivity index (χ2v) is 6.66. The van der Waals surface area contributed by atoms with Gasteiger partial charge in [0.15, 0.2) is 14.7 Å². The molecule has 1 heteroatoms. The topological polar surface area (TPSA) is 0 Å². The van der Waals surface area contributed by atoms with Crippen LogP contribution in [0.4, 0.5) is 0 Å². The Balaban J connectivity index is 2.40. The van der Waals surface area contributed by atoms with Gasteiger partial charge in [-0.15, -0.1) is 0 Å². The second kappa shape index (κ2) is 6.97. The van der Waals surface area contributed by atoms with Crippen LogP contribution in [0.15, 0.2) is 106 Å². The molecule has 0 aliphatic heterocycles. The summed E-state index contributed by atoms with van der Waals surface area (Å²) < 4.78 is 0. The lowest BCUT2D eigenvalue weighted by Crippen LogP contribution is -2.04. The standard InChI is InChI=1S/C19H19S/c1-16(2)14-15-17(3)20(18-10-6-4-7-11-18)19-12-8-5-9-13-19/h4-15H,1,3H2,2H3/q+1/b15-14-. The summed E-state index contributed by atoms with van der Waals surface area (Å²) in [6.07, 6.45) is 4.10. The number of benzene rings is 2. The lowest BCUT2D eigenvalue weighted by molar-refractivity contribution is 1.38. The summed E-state index contributed by atoms with van der Waals surface area (Å²) in [5, 5.41) is 0. The highest BCUT2D eigenvalue weighted by Gasteiger charge is 2.27. The Labute approximate surface area is 124 Å². The van der Waals surface area contributed by atoms with Gasteiger partial charge >= 0.3 is 0 Å². The minimum Gasteiger partial charge on any atom is -0.0961 e.